The Morgan fingerprint density at radius 2 is 2.04 bits per heavy atom. The van der Waals surface area contributed by atoms with E-state index in [1.165, 1.54) is 0 Å². The lowest BCUT2D eigenvalue weighted by atomic mass is 9.96. The number of aryl methyl sites for hydroxylation is 1. The first kappa shape index (κ1) is 16.0. The number of fused-ring (bicyclic) bond motifs is 1. The molecule has 8 heteroatoms. The van der Waals surface area contributed by atoms with Crippen LogP contribution >= 0.6 is 0 Å². The smallest absolute Gasteiger partial charge is 0.231 e. The SMILES string of the molecule is COc1ccc2nnc(C3CCN(CCc4nccn4C)CC3)n2n1. The number of imidazole rings is 1. The van der Waals surface area contributed by atoms with Crippen LogP contribution in [0.25, 0.3) is 5.65 Å². The summed E-state index contributed by atoms with van der Waals surface area (Å²) in [4.78, 5) is 6.90. The van der Waals surface area contributed by atoms with Crippen LogP contribution in [0.4, 0.5) is 0 Å². The maximum Gasteiger partial charge on any atom is 0.231 e. The van der Waals surface area contributed by atoms with Gasteiger partial charge in [-0.05, 0) is 32.0 Å². The Kier molecular flexibility index (Phi) is 4.35. The minimum atomic E-state index is 0.388. The number of piperidine rings is 1. The maximum absolute atomic E-state index is 5.22. The standard InChI is InChI=1S/C17H23N7O/c1-22-12-8-18-14(22)7-11-23-9-5-13(6-10-23)17-20-19-15-3-4-16(25-2)21-24(15)17/h3-4,8,12-13H,5-7,9-11H2,1-2H3. The average Bonchev–Trinajstić information content (AvgIpc) is 3.26. The fourth-order valence-electron chi connectivity index (χ4n) is 3.46. The van der Waals surface area contributed by atoms with Crippen molar-refractivity contribution in [3.05, 3.63) is 36.2 Å². The zero-order valence-corrected chi connectivity index (χ0v) is 14.7. The Hall–Kier alpha value is -2.48. The summed E-state index contributed by atoms with van der Waals surface area (Å²) in [5, 5.41) is 13.1. The fourth-order valence-corrected chi connectivity index (χ4v) is 3.46. The number of aromatic nitrogens is 6. The normalized spacial score (nSPS) is 16.6. The number of methoxy groups -OCH3 is 1. The lowest BCUT2D eigenvalue weighted by molar-refractivity contribution is 0.209. The van der Waals surface area contributed by atoms with Gasteiger partial charge in [-0.3, -0.25) is 0 Å². The summed E-state index contributed by atoms with van der Waals surface area (Å²) in [6.07, 6.45) is 6.99. The first-order valence-corrected chi connectivity index (χ1v) is 8.69. The summed E-state index contributed by atoms with van der Waals surface area (Å²) < 4.78 is 9.14. The summed E-state index contributed by atoms with van der Waals surface area (Å²) in [5.74, 6) is 3.06. The van der Waals surface area contributed by atoms with Crippen molar-refractivity contribution in [1.82, 2.24) is 34.3 Å². The van der Waals surface area contributed by atoms with Crippen molar-refractivity contribution < 1.29 is 4.74 Å². The Morgan fingerprint density at radius 3 is 2.76 bits per heavy atom. The van der Waals surface area contributed by atoms with Crippen molar-refractivity contribution in [2.24, 2.45) is 7.05 Å². The predicted molar refractivity (Wildman–Crippen MR) is 92.7 cm³/mol. The first-order valence-electron chi connectivity index (χ1n) is 8.69. The Balaban J connectivity index is 1.39. The molecule has 1 fully saturated rings. The molecule has 0 unspecified atom stereocenters. The molecule has 1 aliphatic heterocycles. The van der Waals surface area contributed by atoms with E-state index in [1.54, 1.807) is 7.11 Å². The molecule has 4 rings (SSSR count). The monoisotopic (exact) mass is 341 g/mol. The highest BCUT2D eigenvalue weighted by atomic mass is 16.5. The highest BCUT2D eigenvalue weighted by molar-refractivity contribution is 5.38. The van der Waals surface area contributed by atoms with E-state index in [9.17, 15) is 0 Å². The third-order valence-electron chi connectivity index (χ3n) is 5.00. The molecule has 1 saturated heterocycles. The average molecular weight is 341 g/mol. The molecule has 3 aromatic heterocycles. The van der Waals surface area contributed by atoms with Gasteiger partial charge < -0.3 is 14.2 Å². The van der Waals surface area contributed by atoms with Gasteiger partial charge in [-0.25, -0.2) is 4.98 Å². The van der Waals surface area contributed by atoms with E-state index in [4.69, 9.17) is 4.74 Å². The zero-order valence-electron chi connectivity index (χ0n) is 14.7. The second-order valence-corrected chi connectivity index (χ2v) is 6.52. The van der Waals surface area contributed by atoms with Gasteiger partial charge in [0.25, 0.3) is 0 Å². The molecule has 0 saturated carbocycles. The number of hydrogen-bond acceptors (Lipinski definition) is 6. The second kappa shape index (κ2) is 6.79. The summed E-state index contributed by atoms with van der Waals surface area (Å²) in [7, 11) is 3.67. The van der Waals surface area contributed by atoms with Gasteiger partial charge >= 0.3 is 0 Å². The molecule has 132 valence electrons. The van der Waals surface area contributed by atoms with Crippen molar-refractivity contribution in [2.75, 3.05) is 26.7 Å². The maximum atomic E-state index is 5.22. The molecule has 4 heterocycles. The van der Waals surface area contributed by atoms with Crippen LogP contribution in [0.5, 0.6) is 5.88 Å². The van der Waals surface area contributed by atoms with Crippen LogP contribution in [0.1, 0.15) is 30.4 Å². The summed E-state index contributed by atoms with van der Waals surface area (Å²) in [5.41, 5.74) is 0.771. The summed E-state index contributed by atoms with van der Waals surface area (Å²) in [6, 6.07) is 3.71. The molecule has 25 heavy (non-hydrogen) atoms. The Bertz CT molecular complexity index is 848. The zero-order chi connectivity index (χ0) is 17.2. The van der Waals surface area contributed by atoms with Crippen LogP contribution in [-0.2, 0) is 13.5 Å². The van der Waals surface area contributed by atoms with Gasteiger partial charge in [-0.15, -0.1) is 15.3 Å². The van der Waals surface area contributed by atoms with Gasteiger partial charge in [0.1, 0.15) is 5.82 Å². The molecular weight excluding hydrogens is 318 g/mol. The number of hydrogen-bond donors (Lipinski definition) is 0. The van der Waals surface area contributed by atoms with Crippen LogP contribution in [0.15, 0.2) is 24.5 Å². The van der Waals surface area contributed by atoms with E-state index >= 15 is 0 Å². The molecule has 1 aliphatic rings. The van der Waals surface area contributed by atoms with E-state index in [1.807, 2.05) is 36.1 Å². The number of ether oxygens (including phenoxy) is 1. The van der Waals surface area contributed by atoms with Crippen molar-refractivity contribution in [1.29, 1.82) is 0 Å². The van der Waals surface area contributed by atoms with Crippen LogP contribution in [0.3, 0.4) is 0 Å². The molecule has 0 N–H and O–H groups in total. The number of nitrogens with zero attached hydrogens (tertiary/aromatic N) is 7. The highest BCUT2D eigenvalue weighted by Crippen LogP contribution is 2.27. The van der Waals surface area contributed by atoms with Gasteiger partial charge in [0.2, 0.25) is 5.88 Å². The molecule has 0 bridgehead atoms. The Morgan fingerprint density at radius 1 is 1.20 bits per heavy atom. The lowest BCUT2D eigenvalue weighted by Crippen LogP contribution is -2.35. The van der Waals surface area contributed by atoms with E-state index in [2.05, 4.69) is 29.7 Å². The van der Waals surface area contributed by atoms with Gasteiger partial charge in [0.15, 0.2) is 11.5 Å². The molecule has 0 aromatic carbocycles. The second-order valence-electron chi connectivity index (χ2n) is 6.52. The van der Waals surface area contributed by atoms with Crippen molar-refractivity contribution in [2.45, 2.75) is 25.2 Å². The third kappa shape index (κ3) is 3.21. The minimum absolute atomic E-state index is 0.388. The third-order valence-corrected chi connectivity index (χ3v) is 5.00. The fraction of sp³-hybridized carbons (Fsp3) is 0.529. The van der Waals surface area contributed by atoms with E-state index < -0.39 is 0 Å². The number of likely N-dealkylation sites (tertiary alicyclic amines) is 1. The van der Waals surface area contributed by atoms with E-state index in [0.29, 0.717) is 11.8 Å². The topological polar surface area (TPSA) is 73.4 Å². The van der Waals surface area contributed by atoms with Gasteiger partial charge in [-0.1, -0.05) is 0 Å². The first-order chi connectivity index (χ1) is 12.2. The van der Waals surface area contributed by atoms with Gasteiger partial charge in [-0.2, -0.15) is 4.52 Å². The van der Waals surface area contributed by atoms with Crippen molar-refractivity contribution in [3.63, 3.8) is 0 Å². The van der Waals surface area contributed by atoms with Crippen LogP contribution in [0, 0.1) is 0 Å². The lowest BCUT2D eigenvalue weighted by Gasteiger charge is -2.30. The molecule has 0 aliphatic carbocycles. The molecule has 3 aromatic rings. The highest BCUT2D eigenvalue weighted by Gasteiger charge is 2.25. The van der Waals surface area contributed by atoms with E-state index in [0.717, 1.165) is 56.2 Å². The summed E-state index contributed by atoms with van der Waals surface area (Å²) >= 11 is 0. The number of rotatable bonds is 5. The quantitative estimate of drug-likeness (QED) is 0.696. The van der Waals surface area contributed by atoms with Gasteiger partial charge in [0.05, 0.1) is 7.11 Å². The molecule has 8 nitrogen and oxygen atoms in total. The molecule has 0 atom stereocenters. The Labute approximate surface area is 146 Å². The van der Waals surface area contributed by atoms with Crippen LogP contribution in [-0.4, -0.2) is 61.0 Å². The van der Waals surface area contributed by atoms with E-state index in [-0.39, 0.29) is 0 Å². The van der Waals surface area contributed by atoms with Gasteiger partial charge in [0, 0.05) is 44.4 Å². The van der Waals surface area contributed by atoms with Crippen molar-refractivity contribution in [3.8, 4) is 5.88 Å². The molecular formula is C17H23N7O. The molecule has 0 amide bonds. The molecule has 0 spiro atoms. The summed E-state index contributed by atoms with van der Waals surface area (Å²) in [6.45, 7) is 3.17. The van der Waals surface area contributed by atoms with Crippen LogP contribution in [0.2, 0.25) is 0 Å². The van der Waals surface area contributed by atoms with Crippen LogP contribution < -0.4 is 4.74 Å². The van der Waals surface area contributed by atoms with Crippen molar-refractivity contribution >= 4 is 5.65 Å². The minimum Gasteiger partial charge on any atom is -0.480 e. The molecule has 0 radical (unpaired) electrons. The predicted octanol–water partition coefficient (Wildman–Crippen LogP) is 1.29. The largest absolute Gasteiger partial charge is 0.480 e.